The minimum absolute atomic E-state index is 0.171. The molecule has 3 rings (SSSR count). The molecule has 1 aromatic heterocycles. The fraction of sp³-hybridized carbons (Fsp3) is 0.706. The number of aryl methyl sites for hydroxylation is 1. The first-order valence-electron chi connectivity index (χ1n) is 8.73. The van der Waals surface area contributed by atoms with Gasteiger partial charge in [-0.25, -0.2) is 9.97 Å². The van der Waals surface area contributed by atoms with Crippen molar-refractivity contribution in [1.29, 1.82) is 0 Å². The summed E-state index contributed by atoms with van der Waals surface area (Å²) in [6, 6.07) is 1.91. The van der Waals surface area contributed by atoms with Crippen LogP contribution in [0.2, 0.25) is 0 Å². The van der Waals surface area contributed by atoms with E-state index in [-0.39, 0.29) is 5.92 Å². The number of aromatic nitrogens is 2. The van der Waals surface area contributed by atoms with Crippen molar-refractivity contribution in [3.8, 4) is 0 Å². The van der Waals surface area contributed by atoms with Gasteiger partial charge in [-0.05, 0) is 32.4 Å². The predicted octanol–water partition coefficient (Wildman–Crippen LogP) is 1.17. The van der Waals surface area contributed by atoms with Gasteiger partial charge in [0.1, 0.15) is 0 Å². The second kappa shape index (κ2) is 7.25. The molecule has 0 radical (unpaired) electrons. The lowest BCUT2D eigenvalue weighted by Gasteiger charge is -2.38. The highest BCUT2D eigenvalue weighted by molar-refractivity contribution is 5.79. The Morgan fingerprint density at radius 3 is 2.48 bits per heavy atom. The molecule has 2 fully saturated rings. The van der Waals surface area contributed by atoms with Crippen LogP contribution in [0.4, 0.5) is 5.95 Å². The van der Waals surface area contributed by atoms with Gasteiger partial charge in [0.05, 0.1) is 0 Å². The van der Waals surface area contributed by atoms with Crippen LogP contribution in [0, 0.1) is 12.8 Å². The first-order valence-corrected chi connectivity index (χ1v) is 8.73. The molecule has 2 saturated heterocycles. The van der Waals surface area contributed by atoms with Gasteiger partial charge in [0.2, 0.25) is 11.9 Å². The lowest BCUT2D eigenvalue weighted by Crippen LogP contribution is -2.51. The molecule has 3 heterocycles. The molecule has 0 aromatic carbocycles. The molecule has 2 aliphatic heterocycles. The summed E-state index contributed by atoms with van der Waals surface area (Å²) < 4.78 is 0. The molecule has 23 heavy (non-hydrogen) atoms. The number of hydrogen-bond acceptors (Lipinski definition) is 5. The highest BCUT2D eigenvalue weighted by atomic mass is 16.2. The second-order valence-corrected chi connectivity index (χ2v) is 6.52. The number of amides is 1. The Morgan fingerprint density at radius 2 is 1.87 bits per heavy atom. The van der Waals surface area contributed by atoms with Crippen LogP contribution in [0.5, 0.6) is 0 Å². The third kappa shape index (κ3) is 3.80. The highest BCUT2D eigenvalue weighted by Crippen LogP contribution is 2.23. The van der Waals surface area contributed by atoms with Crippen LogP contribution in [0.1, 0.15) is 25.5 Å². The van der Waals surface area contributed by atoms with Gasteiger partial charge < -0.3 is 14.7 Å². The zero-order valence-electron chi connectivity index (χ0n) is 14.2. The van der Waals surface area contributed by atoms with E-state index >= 15 is 0 Å². The molecular formula is C17H27N5O. The van der Waals surface area contributed by atoms with Crippen LogP contribution in [-0.2, 0) is 4.79 Å². The Kier molecular flexibility index (Phi) is 5.10. The van der Waals surface area contributed by atoms with E-state index in [2.05, 4.69) is 31.6 Å². The lowest BCUT2D eigenvalue weighted by atomic mass is 9.95. The summed E-state index contributed by atoms with van der Waals surface area (Å²) in [4.78, 5) is 28.2. The fourth-order valence-corrected chi connectivity index (χ4v) is 3.46. The second-order valence-electron chi connectivity index (χ2n) is 6.52. The Labute approximate surface area is 138 Å². The Bertz CT molecular complexity index is 534. The molecular weight excluding hydrogens is 290 g/mol. The highest BCUT2D eigenvalue weighted by Gasteiger charge is 2.30. The van der Waals surface area contributed by atoms with Gasteiger partial charge in [-0.3, -0.25) is 4.79 Å². The summed E-state index contributed by atoms with van der Waals surface area (Å²) in [7, 11) is 0. The average molecular weight is 317 g/mol. The maximum absolute atomic E-state index is 12.7. The van der Waals surface area contributed by atoms with E-state index in [9.17, 15) is 4.79 Å². The van der Waals surface area contributed by atoms with Crippen LogP contribution in [0.15, 0.2) is 12.3 Å². The molecule has 6 nitrogen and oxygen atoms in total. The van der Waals surface area contributed by atoms with E-state index in [1.165, 1.54) is 0 Å². The van der Waals surface area contributed by atoms with Crippen molar-refractivity contribution in [3.63, 3.8) is 0 Å². The number of hydrogen-bond donors (Lipinski definition) is 0. The number of carbonyl (C=O) groups excluding carboxylic acids is 1. The van der Waals surface area contributed by atoms with Crippen LogP contribution in [0.25, 0.3) is 0 Å². The quantitative estimate of drug-likeness (QED) is 0.837. The van der Waals surface area contributed by atoms with Crippen LogP contribution < -0.4 is 4.90 Å². The summed E-state index contributed by atoms with van der Waals surface area (Å²) in [5.74, 6) is 1.32. The monoisotopic (exact) mass is 317 g/mol. The van der Waals surface area contributed by atoms with Gasteiger partial charge >= 0.3 is 0 Å². The molecule has 0 bridgehead atoms. The van der Waals surface area contributed by atoms with Gasteiger partial charge in [-0.1, -0.05) is 6.92 Å². The number of likely N-dealkylation sites (N-methyl/N-ethyl adjacent to an activating group) is 1. The Balaban J connectivity index is 1.51. The number of rotatable bonds is 3. The van der Waals surface area contributed by atoms with E-state index < -0.39 is 0 Å². The number of piperazine rings is 1. The normalized spacial score (nSPS) is 20.8. The zero-order chi connectivity index (χ0) is 16.2. The first kappa shape index (κ1) is 16.2. The van der Waals surface area contributed by atoms with Crippen molar-refractivity contribution in [2.45, 2.75) is 26.7 Å². The molecule has 2 aliphatic rings. The van der Waals surface area contributed by atoms with Crippen LogP contribution in [-0.4, -0.2) is 71.5 Å². The predicted molar refractivity (Wildman–Crippen MR) is 90.4 cm³/mol. The number of piperidine rings is 1. The van der Waals surface area contributed by atoms with Gasteiger partial charge in [0.15, 0.2) is 0 Å². The minimum Gasteiger partial charge on any atom is -0.341 e. The number of anilines is 1. The largest absolute Gasteiger partial charge is 0.341 e. The van der Waals surface area contributed by atoms with Gasteiger partial charge in [0, 0.05) is 57.1 Å². The molecule has 1 aromatic rings. The maximum Gasteiger partial charge on any atom is 0.225 e. The summed E-state index contributed by atoms with van der Waals surface area (Å²) in [5, 5.41) is 0. The summed E-state index contributed by atoms with van der Waals surface area (Å²) >= 11 is 0. The maximum atomic E-state index is 12.7. The van der Waals surface area contributed by atoms with Gasteiger partial charge in [-0.2, -0.15) is 0 Å². The van der Waals surface area contributed by atoms with Crippen molar-refractivity contribution < 1.29 is 4.79 Å². The van der Waals surface area contributed by atoms with Crippen molar-refractivity contribution in [2.24, 2.45) is 5.92 Å². The van der Waals surface area contributed by atoms with Crippen LogP contribution >= 0.6 is 0 Å². The van der Waals surface area contributed by atoms with E-state index in [4.69, 9.17) is 0 Å². The zero-order valence-corrected chi connectivity index (χ0v) is 14.2. The van der Waals surface area contributed by atoms with Crippen molar-refractivity contribution >= 4 is 11.9 Å². The molecule has 1 amide bonds. The average Bonchev–Trinajstić information content (AvgIpc) is 2.61. The van der Waals surface area contributed by atoms with Crippen molar-refractivity contribution in [1.82, 2.24) is 19.8 Å². The molecule has 0 unspecified atom stereocenters. The van der Waals surface area contributed by atoms with Gasteiger partial charge in [-0.15, -0.1) is 0 Å². The minimum atomic E-state index is 0.171. The molecule has 0 spiro atoms. The summed E-state index contributed by atoms with van der Waals surface area (Å²) in [6.07, 6.45) is 3.62. The Morgan fingerprint density at radius 1 is 1.17 bits per heavy atom. The lowest BCUT2D eigenvalue weighted by molar-refractivity contribution is -0.137. The summed E-state index contributed by atoms with van der Waals surface area (Å²) in [6.45, 7) is 10.8. The molecule has 0 aliphatic carbocycles. The molecule has 6 heteroatoms. The van der Waals surface area contributed by atoms with Crippen molar-refractivity contribution in [2.75, 3.05) is 50.7 Å². The molecule has 0 saturated carbocycles. The third-order valence-corrected chi connectivity index (χ3v) is 5.04. The van der Waals surface area contributed by atoms with E-state index in [1.54, 1.807) is 0 Å². The Hall–Kier alpha value is -1.69. The van der Waals surface area contributed by atoms with Gasteiger partial charge in [0.25, 0.3) is 0 Å². The molecule has 0 N–H and O–H groups in total. The first-order chi connectivity index (χ1) is 11.2. The number of nitrogens with zero attached hydrogens (tertiary/aromatic N) is 5. The molecule has 0 atom stereocenters. The van der Waals surface area contributed by atoms with Crippen LogP contribution in [0.3, 0.4) is 0 Å². The smallest absolute Gasteiger partial charge is 0.225 e. The third-order valence-electron chi connectivity index (χ3n) is 5.04. The van der Waals surface area contributed by atoms with E-state index in [0.29, 0.717) is 5.91 Å². The SMILES string of the molecule is CCN1CCN(C(=O)C2CCN(c3nccc(C)n3)CC2)CC1. The van der Waals surface area contributed by atoms with E-state index in [1.807, 2.05) is 19.2 Å². The topological polar surface area (TPSA) is 52.6 Å². The summed E-state index contributed by atoms with van der Waals surface area (Å²) in [5.41, 5.74) is 0.988. The standard InChI is InChI=1S/C17H27N5O/c1-3-20-10-12-21(13-11-20)16(23)15-5-8-22(9-6-15)17-18-7-4-14(2)19-17/h4,7,15H,3,5-6,8-13H2,1-2H3. The fourth-order valence-electron chi connectivity index (χ4n) is 3.46. The number of carbonyl (C=O) groups is 1. The van der Waals surface area contributed by atoms with E-state index in [0.717, 1.165) is 70.3 Å². The molecule has 126 valence electrons. The van der Waals surface area contributed by atoms with Crippen molar-refractivity contribution in [3.05, 3.63) is 18.0 Å².